The number of imidazole rings is 1. The second-order valence-electron chi connectivity index (χ2n) is 6.36. The number of rotatable bonds is 5. The molecule has 3 rings (SSSR count). The molecule has 0 aliphatic rings. The number of aliphatic imine (C=N–C) groups is 1. The van der Waals surface area contributed by atoms with Gasteiger partial charge in [-0.3, -0.25) is 14.8 Å². The Labute approximate surface area is 155 Å². The molecule has 2 aromatic heterocycles. The van der Waals surface area contributed by atoms with Crippen molar-refractivity contribution < 1.29 is 5.11 Å². The summed E-state index contributed by atoms with van der Waals surface area (Å²) in [6, 6.07) is 5.35. The van der Waals surface area contributed by atoms with Crippen molar-refractivity contribution in [2.75, 3.05) is 6.54 Å². The SMILES string of the molecule is CC(=NCCc1cnc[nH]1)c1c(O)n(-c2ccc(C)c(C)c2)c(=O)[nH]c1=O. The first-order chi connectivity index (χ1) is 12.9. The maximum Gasteiger partial charge on any atom is 0.335 e. The molecular formula is C19H21N5O3. The Morgan fingerprint density at radius 3 is 2.70 bits per heavy atom. The molecule has 0 saturated carbocycles. The molecule has 0 bridgehead atoms. The molecule has 27 heavy (non-hydrogen) atoms. The van der Waals surface area contributed by atoms with E-state index in [1.807, 2.05) is 19.9 Å². The van der Waals surface area contributed by atoms with Crippen molar-refractivity contribution in [3.63, 3.8) is 0 Å². The lowest BCUT2D eigenvalue weighted by Crippen LogP contribution is -2.32. The van der Waals surface area contributed by atoms with E-state index in [4.69, 9.17) is 0 Å². The van der Waals surface area contributed by atoms with Crippen LogP contribution in [0.5, 0.6) is 5.88 Å². The van der Waals surface area contributed by atoms with Gasteiger partial charge in [-0.25, -0.2) is 14.3 Å². The Hall–Kier alpha value is -3.42. The number of hydrogen-bond acceptors (Lipinski definition) is 5. The molecule has 0 unspecified atom stereocenters. The number of nitrogens with zero attached hydrogens (tertiary/aromatic N) is 3. The fourth-order valence-electron chi connectivity index (χ4n) is 2.80. The van der Waals surface area contributed by atoms with E-state index in [9.17, 15) is 14.7 Å². The highest BCUT2D eigenvalue weighted by Crippen LogP contribution is 2.19. The fraction of sp³-hybridized carbons (Fsp3) is 0.263. The molecule has 140 valence electrons. The topological polar surface area (TPSA) is 116 Å². The van der Waals surface area contributed by atoms with Gasteiger partial charge in [0.15, 0.2) is 0 Å². The highest BCUT2D eigenvalue weighted by atomic mass is 16.3. The molecule has 8 heteroatoms. The van der Waals surface area contributed by atoms with Gasteiger partial charge in [0.1, 0.15) is 5.56 Å². The third kappa shape index (κ3) is 3.74. The van der Waals surface area contributed by atoms with Crippen LogP contribution >= 0.6 is 0 Å². The van der Waals surface area contributed by atoms with Crippen molar-refractivity contribution in [1.29, 1.82) is 0 Å². The molecule has 3 aromatic rings. The van der Waals surface area contributed by atoms with E-state index < -0.39 is 17.1 Å². The Bertz CT molecular complexity index is 1110. The van der Waals surface area contributed by atoms with Crippen LogP contribution < -0.4 is 11.2 Å². The predicted octanol–water partition coefficient (Wildman–Crippen LogP) is 1.62. The van der Waals surface area contributed by atoms with Gasteiger partial charge in [0.2, 0.25) is 5.88 Å². The molecule has 0 amide bonds. The molecule has 2 heterocycles. The van der Waals surface area contributed by atoms with E-state index in [0.717, 1.165) is 21.4 Å². The van der Waals surface area contributed by atoms with Gasteiger partial charge >= 0.3 is 5.69 Å². The molecule has 0 radical (unpaired) electrons. The lowest BCUT2D eigenvalue weighted by molar-refractivity contribution is 0.429. The first-order valence-electron chi connectivity index (χ1n) is 8.53. The lowest BCUT2D eigenvalue weighted by Gasteiger charge is -2.12. The third-order valence-corrected chi connectivity index (χ3v) is 4.48. The first kappa shape index (κ1) is 18.4. The molecule has 8 nitrogen and oxygen atoms in total. The Kier molecular flexibility index (Phi) is 5.07. The largest absolute Gasteiger partial charge is 0.493 e. The monoisotopic (exact) mass is 367 g/mol. The zero-order valence-corrected chi connectivity index (χ0v) is 15.4. The molecule has 1 aromatic carbocycles. The third-order valence-electron chi connectivity index (χ3n) is 4.48. The fourth-order valence-corrected chi connectivity index (χ4v) is 2.80. The maximum absolute atomic E-state index is 12.3. The Balaban J connectivity index is 2.01. The summed E-state index contributed by atoms with van der Waals surface area (Å²) in [5.74, 6) is -0.421. The minimum atomic E-state index is -0.699. The molecule has 0 aliphatic heterocycles. The molecule has 0 aliphatic carbocycles. The van der Waals surface area contributed by atoms with Crippen molar-refractivity contribution in [3.8, 4) is 11.6 Å². The highest BCUT2D eigenvalue weighted by molar-refractivity contribution is 6.00. The Morgan fingerprint density at radius 2 is 2.04 bits per heavy atom. The maximum atomic E-state index is 12.3. The number of hydrogen-bond donors (Lipinski definition) is 3. The number of H-pyrrole nitrogens is 2. The second kappa shape index (κ2) is 7.45. The zero-order chi connectivity index (χ0) is 19.6. The van der Waals surface area contributed by atoms with Crippen molar-refractivity contribution in [2.24, 2.45) is 4.99 Å². The molecule has 0 spiro atoms. The van der Waals surface area contributed by atoms with Gasteiger partial charge in [-0.05, 0) is 44.0 Å². The van der Waals surface area contributed by atoms with Gasteiger partial charge in [-0.2, -0.15) is 0 Å². The van der Waals surface area contributed by atoms with Gasteiger partial charge in [0, 0.05) is 30.6 Å². The predicted molar refractivity (Wildman–Crippen MR) is 103 cm³/mol. The molecular weight excluding hydrogens is 346 g/mol. The van der Waals surface area contributed by atoms with Gasteiger partial charge in [-0.15, -0.1) is 0 Å². The summed E-state index contributed by atoms with van der Waals surface area (Å²) in [6.07, 6.45) is 3.91. The second-order valence-corrected chi connectivity index (χ2v) is 6.36. The summed E-state index contributed by atoms with van der Waals surface area (Å²) in [4.78, 5) is 38.1. The minimum absolute atomic E-state index is 0.0163. The van der Waals surface area contributed by atoms with Crippen LogP contribution in [0.2, 0.25) is 0 Å². The summed E-state index contributed by atoms with van der Waals surface area (Å²) >= 11 is 0. The number of benzene rings is 1. The van der Waals surface area contributed by atoms with Gasteiger partial charge in [-0.1, -0.05) is 6.07 Å². The number of nitrogens with one attached hydrogen (secondary N) is 2. The summed E-state index contributed by atoms with van der Waals surface area (Å²) in [6.45, 7) is 5.91. The van der Waals surface area contributed by atoms with E-state index in [1.54, 1.807) is 31.6 Å². The van der Waals surface area contributed by atoms with Crippen molar-refractivity contribution in [2.45, 2.75) is 27.2 Å². The molecule has 3 N–H and O–H groups in total. The van der Waals surface area contributed by atoms with E-state index in [1.165, 1.54) is 0 Å². The number of aromatic amines is 2. The van der Waals surface area contributed by atoms with Crippen molar-refractivity contribution in [3.05, 3.63) is 73.9 Å². The molecule has 0 atom stereocenters. The van der Waals surface area contributed by atoms with E-state index in [-0.39, 0.29) is 5.56 Å². The average molecular weight is 367 g/mol. The summed E-state index contributed by atoms with van der Waals surface area (Å²) in [5, 5.41) is 10.7. The van der Waals surface area contributed by atoms with Gasteiger partial charge in [0.05, 0.1) is 12.0 Å². The van der Waals surface area contributed by atoms with Crippen molar-refractivity contribution in [1.82, 2.24) is 19.5 Å². The van der Waals surface area contributed by atoms with Crippen molar-refractivity contribution >= 4 is 5.71 Å². The zero-order valence-electron chi connectivity index (χ0n) is 15.4. The van der Waals surface area contributed by atoms with E-state index in [2.05, 4.69) is 19.9 Å². The quantitative estimate of drug-likeness (QED) is 0.594. The summed E-state index contributed by atoms with van der Waals surface area (Å²) in [5.41, 5.74) is 2.40. The standard InChI is InChI=1S/C19H21N5O3/c1-11-4-5-15(8-12(11)2)24-18(26)16(17(25)23-19(24)27)13(3)21-7-6-14-9-20-10-22-14/h4-5,8-10,26H,6-7H2,1-3H3,(H,20,22)(H,23,25,27). The number of aromatic nitrogens is 4. The van der Waals surface area contributed by atoms with Gasteiger partial charge in [0.25, 0.3) is 5.56 Å². The molecule has 0 saturated heterocycles. The van der Waals surface area contributed by atoms with Crippen LogP contribution in [0.25, 0.3) is 5.69 Å². The van der Waals surface area contributed by atoms with Crippen LogP contribution in [0.3, 0.4) is 0 Å². The van der Waals surface area contributed by atoms with Crippen LogP contribution in [0.4, 0.5) is 0 Å². The van der Waals surface area contributed by atoms with Crippen LogP contribution in [-0.2, 0) is 6.42 Å². The van der Waals surface area contributed by atoms with E-state index in [0.29, 0.717) is 24.4 Å². The number of aryl methyl sites for hydroxylation is 2. The number of aromatic hydroxyl groups is 1. The van der Waals surface area contributed by atoms with E-state index >= 15 is 0 Å². The first-order valence-corrected chi connectivity index (χ1v) is 8.53. The van der Waals surface area contributed by atoms with Crippen LogP contribution in [0, 0.1) is 13.8 Å². The minimum Gasteiger partial charge on any atom is -0.493 e. The van der Waals surface area contributed by atoms with Crippen LogP contribution in [-0.4, -0.2) is 36.9 Å². The van der Waals surface area contributed by atoms with Gasteiger partial charge < -0.3 is 10.1 Å². The Morgan fingerprint density at radius 1 is 1.26 bits per heavy atom. The van der Waals surface area contributed by atoms with Crippen LogP contribution in [0.1, 0.15) is 29.3 Å². The summed E-state index contributed by atoms with van der Waals surface area (Å²) in [7, 11) is 0. The average Bonchev–Trinajstić information content (AvgIpc) is 3.11. The van der Waals surface area contributed by atoms with Crippen LogP contribution in [0.15, 0.2) is 45.3 Å². The summed E-state index contributed by atoms with van der Waals surface area (Å²) < 4.78 is 1.08. The highest BCUT2D eigenvalue weighted by Gasteiger charge is 2.18. The molecule has 0 fully saturated rings. The normalized spacial score (nSPS) is 11.7. The lowest BCUT2D eigenvalue weighted by atomic mass is 10.1. The smallest absolute Gasteiger partial charge is 0.335 e.